The molecule has 96 valence electrons. The van der Waals surface area contributed by atoms with E-state index in [9.17, 15) is 9.18 Å². The minimum atomic E-state index is -0.691. The van der Waals surface area contributed by atoms with E-state index in [-0.39, 0.29) is 22.8 Å². The van der Waals surface area contributed by atoms with Crippen molar-refractivity contribution in [2.45, 2.75) is 0 Å². The summed E-state index contributed by atoms with van der Waals surface area (Å²) in [5.74, 6) is -0.607. The Kier molecular flexibility index (Phi) is 2.60. The normalized spacial score (nSPS) is 12.1. The number of benzene rings is 1. The SMILES string of the molecule is CNC(=O)c1ccccc1N1C2=NC1=C(F)C(Cl)=N2. The van der Waals surface area contributed by atoms with Crippen molar-refractivity contribution in [3.05, 3.63) is 40.8 Å². The lowest BCUT2D eigenvalue weighted by molar-refractivity contribution is 0.0963. The number of anilines is 3. The Labute approximate surface area is 113 Å². The van der Waals surface area contributed by atoms with Crippen molar-refractivity contribution in [1.82, 2.24) is 15.3 Å². The first-order valence-corrected chi connectivity index (χ1v) is 5.85. The highest BCUT2D eigenvalue weighted by atomic mass is 35.5. The highest BCUT2D eigenvalue weighted by molar-refractivity contribution is 6.30. The maximum Gasteiger partial charge on any atom is 0.253 e. The molecule has 1 N–H and O–H groups in total. The topological polar surface area (TPSA) is 58.1 Å². The van der Waals surface area contributed by atoms with E-state index in [0.717, 1.165) is 0 Å². The number of aromatic nitrogens is 2. The smallest absolute Gasteiger partial charge is 0.253 e. The molecule has 2 bridgehead atoms. The molecule has 0 spiro atoms. The van der Waals surface area contributed by atoms with Gasteiger partial charge in [0.05, 0.1) is 11.3 Å². The minimum Gasteiger partial charge on any atom is -0.355 e. The Morgan fingerprint density at radius 3 is 2.79 bits per heavy atom. The number of halogens is 2. The predicted octanol–water partition coefficient (Wildman–Crippen LogP) is 2.41. The summed E-state index contributed by atoms with van der Waals surface area (Å²) < 4.78 is 13.7. The standard InChI is InChI=1S/C12H8ClFN4O/c1-15-11(19)6-4-2-3-5-7(6)18-10-8(14)9(13)16-12(18)17-10/h2-5H,1H3,(H,15,19). The Morgan fingerprint density at radius 2 is 2.11 bits per heavy atom. The summed E-state index contributed by atoms with van der Waals surface area (Å²) in [6, 6.07) is 6.82. The molecule has 1 aliphatic heterocycles. The molecule has 3 rings (SSSR count). The molecule has 0 saturated carbocycles. The van der Waals surface area contributed by atoms with Crippen LogP contribution in [0, 0.1) is 5.82 Å². The van der Waals surface area contributed by atoms with Gasteiger partial charge in [-0.3, -0.25) is 9.69 Å². The molecule has 0 unspecified atom stereocenters. The zero-order chi connectivity index (χ0) is 13.6. The zero-order valence-corrected chi connectivity index (χ0v) is 10.6. The molecule has 0 saturated heterocycles. The lowest BCUT2D eigenvalue weighted by Crippen LogP contribution is -2.29. The van der Waals surface area contributed by atoms with Crippen molar-refractivity contribution in [1.29, 1.82) is 0 Å². The number of carbonyl (C=O) groups excluding carboxylic acids is 1. The van der Waals surface area contributed by atoms with E-state index >= 15 is 0 Å². The number of amides is 1. The average molecular weight is 279 g/mol. The first kappa shape index (κ1) is 11.9. The molecule has 7 heteroatoms. The van der Waals surface area contributed by atoms with E-state index in [2.05, 4.69) is 15.3 Å². The molecule has 2 heterocycles. The van der Waals surface area contributed by atoms with Crippen molar-refractivity contribution < 1.29 is 9.18 Å². The van der Waals surface area contributed by atoms with E-state index in [1.165, 1.54) is 11.9 Å². The van der Waals surface area contributed by atoms with Crippen LogP contribution in [-0.4, -0.2) is 22.9 Å². The molecule has 1 amide bonds. The summed E-state index contributed by atoms with van der Waals surface area (Å²) >= 11 is 5.61. The first-order chi connectivity index (χ1) is 9.13. The molecule has 1 aliphatic rings. The van der Waals surface area contributed by atoms with Crippen LogP contribution in [0.15, 0.2) is 24.3 Å². The van der Waals surface area contributed by atoms with Crippen molar-refractivity contribution in [2.24, 2.45) is 0 Å². The lowest BCUT2D eigenvalue weighted by atomic mass is 10.1. The summed E-state index contributed by atoms with van der Waals surface area (Å²) in [5, 5.41) is 2.32. The molecule has 19 heavy (non-hydrogen) atoms. The Bertz CT molecular complexity index is 691. The van der Waals surface area contributed by atoms with E-state index in [1.807, 2.05) is 0 Å². The summed E-state index contributed by atoms with van der Waals surface area (Å²) in [4.78, 5) is 21.0. The van der Waals surface area contributed by atoms with Crippen molar-refractivity contribution in [3.63, 3.8) is 0 Å². The number of hydrogen-bond acceptors (Lipinski definition) is 4. The highest BCUT2D eigenvalue weighted by Gasteiger charge is 2.34. The van der Waals surface area contributed by atoms with Crippen LogP contribution in [0.3, 0.4) is 0 Å². The monoisotopic (exact) mass is 278 g/mol. The van der Waals surface area contributed by atoms with Gasteiger partial charge in [0.25, 0.3) is 5.91 Å². The molecular weight excluding hydrogens is 271 g/mol. The second-order valence-corrected chi connectivity index (χ2v) is 4.24. The summed E-state index contributed by atoms with van der Waals surface area (Å²) in [6.45, 7) is 0. The van der Waals surface area contributed by atoms with Gasteiger partial charge >= 0.3 is 0 Å². The molecular formula is C12H8ClFN4O. The Morgan fingerprint density at radius 1 is 1.37 bits per heavy atom. The van der Waals surface area contributed by atoms with Crippen LogP contribution >= 0.6 is 11.6 Å². The molecule has 1 aromatic carbocycles. The van der Waals surface area contributed by atoms with Crippen molar-refractivity contribution in [2.75, 3.05) is 11.9 Å². The lowest BCUT2D eigenvalue weighted by Gasteiger charge is -2.31. The fourth-order valence-electron chi connectivity index (χ4n) is 1.91. The number of rotatable bonds is 2. The fourth-order valence-corrected chi connectivity index (χ4v) is 2.07. The van der Waals surface area contributed by atoms with Crippen LogP contribution in [0.5, 0.6) is 0 Å². The van der Waals surface area contributed by atoms with Gasteiger partial charge in [0.1, 0.15) is 0 Å². The maximum absolute atomic E-state index is 13.7. The third kappa shape index (κ3) is 1.64. The Hall–Kier alpha value is -2.21. The van der Waals surface area contributed by atoms with Crippen LogP contribution in [0.25, 0.3) is 0 Å². The Balaban J connectivity index is 2.10. The van der Waals surface area contributed by atoms with Gasteiger partial charge in [-0.1, -0.05) is 23.7 Å². The number of nitrogens with zero attached hydrogens (tertiary/aromatic N) is 3. The van der Waals surface area contributed by atoms with E-state index in [1.54, 1.807) is 24.3 Å². The van der Waals surface area contributed by atoms with E-state index < -0.39 is 5.82 Å². The van der Waals surface area contributed by atoms with Crippen LogP contribution in [0.4, 0.5) is 21.8 Å². The molecule has 2 aromatic rings. The number of para-hydroxylation sites is 1. The summed E-state index contributed by atoms with van der Waals surface area (Å²) in [7, 11) is 1.53. The van der Waals surface area contributed by atoms with Crippen LogP contribution < -0.4 is 10.2 Å². The van der Waals surface area contributed by atoms with E-state index in [4.69, 9.17) is 11.6 Å². The fraction of sp³-hybridized carbons (Fsp3) is 0.0833. The number of nitrogens with one attached hydrogen (secondary N) is 1. The van der Waals surface area contributed by atoms with Crippen LogP contribution in [-0.2, 0) is 0 Å². The van der Waals surface area contributed by atoms with Gasteiger partial charge in [-0.25, -0.2) is 0 Å². The molecule has 1 aromatic heterocycles. The summed E-state index contributed by atoms with van der Waals surface area (Å²) in [6.07, 6.45) is 0. The molecule has 0 aliphatic carbocycles. The summed E-state index contributed by atoms with van der Waals surface area (Å²) in [5.41, 5.74) is 0.931. The van der Waals surface area contributed by atoms with Crippen molar-refractivity contribution in [3.8, 4) is 0 Å². The van der Waals surface area contributed by atoms with E-state index in [0.29, 0.717) is 11.3 Å². The molecule has 0 radical (unpaired) electrons. The highest BCUT2D eigenvalue weighted by Crippen LogP contribution is 2.43. The number of fused-ring (bicyclic) bond motifs is 2. The van der Waals surface area contributed by atoms with Gasteiger partial charge in [-0.15, -0.1) is 0 Å². The molecule has 5 nitrogen and oxygen atoms in total. The molecule has 0 atom stereocenters. The first-order valence-electron chi connectivity index (χ1n) is 5.47. The van der Waals surface area contributed by atoms with Crippen LogP contribution in [0.1, 0.15) is 10.4 Å². The number of carbonyl (C=O) groups is 1. The second kappa shape index (κ2) is 4.17. The number of hydrogen-bond donors (Lipinski definition) is 1. The third-order valence-corrected chi connectivity index (χ3v) is 3.06. The largest absolute Gasteiger partial charge is 0.355 e. The van der Waals surface area contributed by atoms with Gasteiger partial charge in [-0.2, -0.15) is 14.4 Å². The van der Waals surface area contributed by atoms with Gasteiger partial charge in [0.15, 0.2) is 11.0 Å². The third-order valence-electron chi connectivity index (χ3n) is 2.81. The average Bonchev–Trinajstić information content (AvgIpc) is 2.40. The van der Waals surface area contributed by atoms with Gasteiger partial charge in [0, 0.05) is 7.05 Å². The quantitative estimate of drug-likeness (QED) is 0.732. The zero-order valence-electron chi connectivity index (χ0n) is 9.82. The van der Waals surface area contributed by atoms with Gasteiger partial charge in [0.2, 0.25) is 11.8 Å². The molecule has 0 fully saturated rings. The maximum atomic E-state index is 13.7. The van der Waals surface area contributed by atoms with Gasteiger partial charge < -0.3 is 5.32 Å². The predicted molar refractivity (Wildman–Crippen MR) is 68.6 cm³/mol. The van der Waals surface area contributed by atoms with Crippen molar-refractivity contribution >= 4 is 35.0 Å². The van der Waals surface area contributed by atoms with Crippen LogP contribution in [0.2, 0.25) is 5.15 Å². The minimum absolute atomic E-state index is 0.0753. The second-order valence-electron chi connectivity index (χ2n) is 3.88. The van der Waals surface area contributed by atoms with Gasteiger partial charge in [-0.05, 0) is 12.1 Å².